The topological polar surface area (TPSA) is 103 Å². The Balaban J connectivity index is 1.64. The maximum Gasteiger partial charge on any atom is 0.283 e. The summed E-state index contributed by atoms with van der Waals surface area (Å²) in [7, 11) is 0. The quantitative estimate of drug-likeness (QED) is 0.861. The Labute approximate surface area is 155 Å². The predicted molar refractivity (Wildman–Crippen MR) is 96.9 cm³/mol. The third kappa shape index (κ3) is 3.15. The van der Waals surface area contributed by atoms with Crippen molar-refractivity contribution in [1.82, 2.24) is 4.98 Å². The SMILES string of the molecule is Cc1nc(C(=O)Nc2ccc(F)c(C3(C)CC4(CCC4)OC(N)=N3)c2)co1. The molecule has 27 heavy (non-hydrogen) atoms. The number of oxazole rings is 1. The molecular weight excluding hydrogens is 351 g/mol. The van der Waals surface area contributed by atoms with Gasteiger partial charge in [0.1, 0.15) is 17.7 Å². The zero-order chi connectivity index (χ0) is 19.2. The Bertz CT molecular complexity index is 935. The number of hydrogen-bond acceptors (Lipinski definition) is 6. The van der Waals surface area contributed by atoms with Crippen molar-refractivity contribution in [3.63, 3.8) is 0 Å². The van der Waals surface area contributed by atoms with E-state index in [4.69, 9.17) is 14.9 Å². The number of carbonyl (C=O) groups is 1. The van der Waals surface area contributed by atoms with Crippen LogP contribution in [-0.2, 0) is 10.3 Å². The molecule has 1 unspecified atom stereocenters. The second-order valence-corrected chi connectivity index (χ2v) is 7.44. The Hall–Kier alpha value is -2.90. The number of benzene rings is 1. The van der Waals surface area contributed by atoms with Gasteiger partial charge in [0.15, 0.2) is 11.6 Å². The summed E-state index contributed by atoms with van der Waals surface area (Å²) in [5, 5.41) is 2.72. The van der Waals surface area contributed by atoms with E-state index in [2.05, 4.69) is 15.3 Å². The van der Waals surface area contributed by atoms with Gasteiger partial charge in [-0.15, -0.1) is 0 Å². The molecule has 1 spiro atoms. The van der Waals surface area contributed by atoms with Crippen molar-refractivity contribution in [1.29, 1.82) is 0 Å². The van der Waals surface area contributed by atoms with Crippen LogP contribution in [0, 0.1) is 12.7 Å². The largest absolute Gasteiger partial charge is 0.459 e. The molecule has 1 aromatic heterocycles. The van der Waals surface area contributed by atoms with Crippen molar-refractivity contribution in [3.8, 4) is 0 Å². The van der Waals surface area contributed by atoms with Crippen LogP contribution >= 0.6 is 0 Å². The number of halogens is 1. The highest BCUT2D eigenvalue weighted by molar-refractivity contribution is 6.02. The summed E-state index contributed by atoms with van der Waals surface area (Å²) in [5.41, 5.74) is 5.64. The first-order valence-electron chi connectivity index (χ1n) is 8.87. The van der Waals surface area contributed by atoms with Crippen molar-refractivity contribution < 1.29 is 18.3 Å². The number of anilines is 1. The Kier molecular flexibility index (Phi) is 3.94. The molecular formula is C19H21FN4O3. The molecule has 1 atom stereocenters. The minimum absolute atomic E-state index is 0.0790. The Morgan fingerprint density at radius 1 is 1.37 bits per heavy atom. The zero-order valence-corrected chi connectivity index (χ0v) is 15.2. The summed E-state index contributed by atoms with van der Waals surface area (Å²) in [6, 6.07) is 4.49. The first kappa shape index (κ1) is 17.5. The maximum absolute atomic E-state index is 14.7. The van der Waals surface area contributed by atoms with E-state index in [0.29, 0.717) is 23.6 Å². The number of aryl methyl sites for hydroxylation is 1. The van der Waals surface area contributed by atoms with Gasteiger partial charge < -0.3 is 20.2 Å². The molecule has 0 bridgehead atoms. The second-order valence-electron chi connectivity index (χ2n) is 7.44. The molecule has 1 aromatic carbocycles. The van der Waals surface area contributed by atoms with E-state index in [9.17, 15) is 9.18 Å². The molecule has 4 rings (SSSR count). The van der Waals surface area contributed by atoms with Gasteiger partial charge in [0.25, 0.3) is 11.9 Å². The van der Waals surface area contributed by atoms with E-state index >= 15 is 0 Å². The van der Waals surface area contributed by atoms with Crippen LogP contribution in [0.3, 0.4) is 0 Å². The van der Waals surface area contributed by atoms with Gasteiger partial charge in [-0.25, -0.2) is 14.4 Å². The molecule has 1 aliphatic carbocycles. The fraction of sp³-hybridized carbons (Fsp3) is 0.421. The molecule has 2 aromatic rings. The van der Waals surface area contributed by atoms with E-state index in [0.717, 1.165) is 19.3 Å². The Morgan fingerprint density at radius 2 is 2.15 bits per heavy atom. The van der Waals surface area contributed by atoms with Crippen LogP contribution in [0.2, 0.25) is 0 Å². The van der Waals surface area contributed by atoms with Gasteiger partial charge in [0, 0.05) is 24.6 Å². The second kappa shape index (κ2) is 6.07. The maximum atomic E-state index is 14.7. The van der Waals surface area contributed by atoms with Gasteiger partial charge in [-0.2, -0.15) is 0 Å². The highest BCUT2D eigenvalue weighted by atomic mass is 19.1. The summed E-state index contributed by atoms with van der Waals surface area (Å²) < 4.78 is 25.5. The first-order chi connectivity index (χ1) is 12.8. The molecule has 1 amide bonds. The van der Waals surface area contributed by atoms with Crippen LogP contribution in [0.5, 0.6) is 0 Å². The molecule has 1 aliphatic heterocycles. The molecule has 0 saturated heterocycles. The number of amides is 1. The molecule has 0 radical (unpaired) electrons. The van der Waals surface area contributed by atoms with Gasteiger partial charge in [-0.05, 0) is 44.4 Å². The minimum Gasteiger partial charge on any atom is -0.459 e. The fourth-order valence-corrected chi connectivity index (χ4v) is 3.87. The lowest BCUT2D eigenvalue weighted by molar-refractivity contribution is -0.0583. The van der Waals surface area contributed by atoms with Gasteiger partial charge in [0.2, 0.25) is 0 Å². The van der Waals surface area contributed by atoms with Crippen molar-refractivity contribution in [2.75, 3.05) is 5.32 Å². The molecule has 1 fully saturated rings. The average molecular weight is 372 g/mol. The smallest absolute Gasteiger partial charge is 0.283 e. The van der Waals surface area contributed by atoms with E-state index in [1.54, 1.807) is 13.0 Å². The number of ether oxygens (including phenoxy) is 1. The standard InChI is InChI=1S/C19H21FN4O3/c1-11-22-15(9-26-11)16(25)23-12-4-5-14(20)13(8-12)18(2)10-19(6-3-7-19)27-17(21)24-18/h4-5,8-9H,3,6-7,10H2,1-2H3,(H2,21,24)(H,23,25). The number of hydrogen-bond donors (Lipinski definition) is 2. The van der Waals surface area contributed by atoms with Gasteiger partial charge in [0.05, 0.1) is 5.54 Å². The van der Waals surface area contributed by atoms with Crippen LogP contribution in [-0.4, -0.2) is 22.5 Å². The number of amidine groups is 1. The van der Waals surface area contributed by atoms with E-state index in [1.165, 1.54) is 18.4 Å². The molecule has 142 valence electrons. The van der Waals surface area contributed by atoms with Crippen LogP contribution in [0.4, 0.5) is 10.1 Å². The third-order valence-electron chi connectivity index (χ3n) is 5.27. The number of nitrogens with zero attached hydrogens (tertiary/aromatic N) is 2. The average Bonchev–Trinajstić information content (AvgIpc) is 3.01. The minimum atomic E-state index is -0.863. The van der Waals surface area contributed by atoms with Gasteiger partial charge >= 0.3 is 0 Å². The number of nitrogens with one attached hydrogen (secondary N) is 1. The highest BCUT2D eigenvalue weighted by Gasteiger charge is 2.50. The lowest BCUT2D eigenvalue weighted by atomic mass is 9.69. The van der Waals surface area contributed by atoms with Gasteiger partial charge in [-0.3, -0.25) is 4.79 Å². The first-order valence-corrected chi connectivity index (χ1v) is 8.87. The number of aromatic nitrogens is 1. The van der Waals surface area contributed by atoms with E-state index in [1.807, 2.05) is 6.92 Å². The van der Waals surface area contributed by atoms with Crippen molar-refractivity contribution in [2.24, 2.45) is 10.7 Å². The van der Waals surface area contributed by atoms with E-state index < -0.39 is 17.3 Å². The summed E-state index contributed by atoms with van der Waals surface area (Å²) in [4.78, 5) is 20.7. The van der Waals surface area contributed by atoms with Crippen LogP contribution in [0.15, 0.2) is 33.9 Å². The molecule has 8 heteroatoms. The number of aliphatic imine (C=N–C) groups is 1. The van der Waals surface area contributed by atoms with Crippen LogP contribution in [0.25, 0.3) is 0 Å². The lowest BCUT2D eigenvalue weighted by Crippen LogP contribution is -2.52. The van der Waals surface area contributed by atoms with Crippen molar-refractivity contribution in [3.05, 3.63) is 47.4 Å². The van der Waals surface area contributed by atoms with Gasteiger partial charge in [-0.1, -0.05) is 0 Å². The monoisotopic (exact) mass is 372 g/mol. The highest BCUT2D eigenvalue weighted by Crippen LogP contribution is 2.49. The van der Waals surface area contributed by atoms with Crippen molar-refractivity contribution in [2.45, 2.75) is 50.7 Å². The molecule has 3 N–H and O–H groups in total. The third-order valence-corrected chi connectivity index (χ3v) is 5.27. The molecule has 2 heterocycles. The Morgan fingerprint density at radius 3 is 2.78 bits per heavy atom. The van der Waals surface area contributed by atoms with E-state index in [-0.39, 0.29) is 17.3 Å². The fourth-order valence-electron chi connectivity index (χ4n) is 3.87. The summed E-state index contributed by atoms with van der Waals surface area (Å²) in [6.45, 7) is 3.49. The molecule has 7 nitrogen and oxygen atoms in total. The van der Waals surface area contributed by atoms with Crippen molar-refractivity contribution >= 4 is 17.6 Å². The summed E-state index contributed by atoms with van der Waals surface area (Å²) in [6.07, 6.45) is 4.63. The van der Waals surface area contributed by atoms with Crippen LogP contribution < -0.4 is 11.1 Å². The normalized spacial score (nSPS) is 23.3. The zero-order valence-electron chi connectivity index (χ0n) is 15.2. The lowest BCUT2D eigenvalue weighted by Gasteiger charge is -2.48. The predicted octanol–water partition coefficient (Wildman–Crippen LogP) is 3.25. The summed E-state index contributed by atoms with van der Waals surface area (Å²) in [5.74, 6) is -0.439. The molecule has 1 saturated carbocycles. The summed E-state index contributed by atoms with van der Waals surface area (Å²) >= 11 is 0. The van der Waals surface area contributed by atoms with Crippen LogP contribution in [0.1, 0.15) is 54.5 Å². The number of rotatable bonds is 3. The number of nitrogens with two attached hydrogens (primary N) is 1. The number of carbonyl (C=O) groups excluding carboxylic acids is 1. The molecule has 2 aliphatic rings.